The van der Waals surface area contributed by atoms with E-state index < -0.39 is 0 Å². The van der Waals surface area contributed by atoms with Crippen molar-refractivity contribution in [1.29, 1.82) is 0 Å². The van der Waals surface area contributed by atoms with Crippen molar-refractivity contribution in [2.45, 2.75) is 0 Å². The summed E-state index contributed by atoms with van der Waals surface area (Å²) in [6, 6.07) is 0. The van der Waals surface area contributed by atoms with Crippen LogP contribution in [0, 0.1) is 0 Å². The van der Waals surface area contributed by atoms with Crippen molar-refractivity contribution in [2.75, 3.05) is 7.05 Å². The van der Waals surface area contributed by atoms with E-state index in [9.17, 15) is 9.59 Å². The van der Waals surface area contributed by atoms with Gasteiger partial charge in [0.2, 0.25) is 0 Å². The van der Waals surface area contributed by atoms with Crippen LogP contribution >= 0.6 is 0 Å². The van der Waals surface area contributed by atoms with Gasteiger partial charge in [-0.15, -0.1) is 0 Å². The molecule has 0 saturated carbocycles. The predicted octanol–water partition coefficient (Wildman–Crippen LogP) is -0.459. The lowest BCUT2D eigenvalue weighted by Gasteiger charge is -2.24. The highest BCUT2D eigenvalue weighted by molar-refractivity contribution is 6.32. The summed E-state index contributed by atoms with van der Waals surface area (Å²) in [5.41, 5.74) is 0.0903. The van der Waals surface area contributed by atoms with Crippen LogP contribution < -0.4 is 0 Å². The summed E-state index contributed by atoms with van der Waals surface area (Å²) in [5, 5.41) is 0. The molecule has 0 atom stereocenters. The van der Waals surface area contributed by atoms with Gasteiger partial charge in [0.1, 0.15) is 0 Å². The summed E-state index contributed by atoms with van der Waals surface area (Å²) in [4.78, 5) is 21.8. The van der Waals surface area contributed by atoms with Crippen LogP contribution in [0.4, 0.5) is 0 Å². The number of nitrogens with zero attached hydrogens (tertiary/aromatic N) is 1. The lowest BCUT2D eigenvalue weighted by molar-refractivity contribution is -0.147. The van der Waals surface area contributed by atoms with Crippen LogP contribution in [0.1, 0.15) is 0 Å². The van der Waals surface area contributed by atoms with Crippen LogP contribution in [-0.4, -0.2) is 23.8 Å². The summed E-state index contributed by atoms with van der Waals surface area (Å²) in [5.74, 6) is -0.537. The molecule has 1 aliphatic rings. The maximum Gasteiger partial charge on any atom is 0.265 e. The van der Waals surface area contributed by atoms with Crippen LogP contribution in [-0.2, 0) is 9.59 Å². The largest absolute Gasteiger partial charge is 0.277 e. The topological polar surface area (TPSA) is 37.4 Å². The highest BCUT2D eigenvalue weighted by Crippen LogP contribution is 2.12. The Morgan fingerprint density at radius 2 is 1.75 bits per heavy atom. The molecule has 8 heavy (non-hydrogen) atoms. The third kappa shape index (κ3) is 0.332. The van der Waals surface area contributed by atoms with E-state index in [0.29, 0.717) is 0 Å². The number of rotatable bonds is 0. The van der Waals surface area contributed by atoms with Crippen molar-refractivity contribution < 1.29 is 9.59 Å². The summed E-state index contributed by atoms with van der Waals surface area (Å²) in [6.07, 6.45) is 0. The highest BCUT2D eigenvalue weighted by Gasteiger charge is 2.35. The zero-order valence-corrected chi connectivity index (χ0v) is 4.47. The monoisotopic (exact) mass is 111 g/mol. The minimum Gasteiger partial charge on any atom is -0.277 e. The molecule has 1 saturated heterocycles. The Hall–Kier alpha value is -1.12. The van der Waals surface area contributed by atoms with Gasteiger partial charge in [-0.1, -0.05) is 6.58 Å². The van der Waals surface area contributed by atoms with Gasteiger partial charge in [0.15, 0.2) is 0 Å². The van der Waals surface area contributed by atoms with E-state index >= 15 is 0 Å². The van der Waals surface area contributed by atoms with Crippen molar-refractivity contribution in [3.05, 3.63) is 12.2 Å². The number of likely N-dealkylation sites (N-methyl/N-ethyl adjacent to an activating group) is 1. The minimum atomic E-state index is -0.269. The van der Waals surface area contributed by atoms with Crippen molar-refractivity contribution in [2.24, 2.45) is 0 Å². The third-order valence-corrected chi connectivity index (χ3v) is 1.13. The standard InChI is InChI=1S/C5H5NO2/c1-3-4(7)6(2)5(3)8/h1H2,2H3. The van der Waals surface area contributed by atoms with Crippen LogP contribution in [0.15, 0.2) is 12.2 Å². The third-order valence-electron chi connectivity index (χ3n) is 1.13. The number of carbonyl (C=O) groups is 2. The van der Waals surface area contributed by atoms with Gasteiger partial charge < -0.3 is 0 Å². The SMILES string of the molecule is C=C1C(=O)N(C)C1=O. The number of hydrogen-bond acceptors (Lipinski definition) is 2. The number of imide groups is 1. The average molecular weight is 111 g/mol. The van der Waals surface area contributed by atoms with Crippen LogP contribution in [0.2, 0.25) is 0 Å². The van der Waals surface area contributed by atoms with Crippen LogP contribution in [0.25, 0.3) is 0 Å². The predicted molar refractivity (Wildman–Crippen MR) is 26.9 cm³/mol. The molecule has 1 fully saturated rings. The molecule has 1 heterocycles. The number of likely N-dealkylation sites (tertiary alicyclic amines) is 1. The van der Waals surface area contributed by atoms with Crippen molar-refractivity contribution in [3.8, 4) is 0 Å². The zero-order chi connectivity index (χ0) is 6.31. The summed E-state index contributed by atoms with van der Waals surface area (Å²) in [6.45, 7) is 3.23. The Bertz CT molecular complexity index is 165. The van der Waals surface area contributed by atoms with Crippen molar-refractivity contribution >= 4 is 11.8 Å². The van der Waals surface area contributed by atoms with Gasteiger partial charge in [0, 0.05) is 7.05 Å². The molecule has 0 aromatic rings. The fourth-order valence-corrected chi connectivity index (χ4v) is 0.536. The zero-order valence-electron chi connectivity index (χ0n) is 4.47. The number of carbonyl (C=O) groups excluding carboxylic acids is 2. The first-order valence-corrected chi connectivity index (χ1v) is 2.16. The normalized spacial score (nSPS) is 19.1. The fraction of sp³-hybridized carbons (Fsp3) is 0.200. The van der Waals surface area contributed by atoms with E-state index in [1.807, 2.05) is 0 Å². The van der Waals surface area contributed by atoms with E-state index in [2.05, 4.69) is 6.58 Å². The molecule has 0 N–H and O–H groups in total. The minimum absolute atomic E-state index is 0.0903. The van der Waals surface area contributed by atoms with E-state index in [0.717, 1.165) is 4.90 Å². The number of amides is 2. The molecule has 0 aliphatic carbocycles. The molecule has 1 rings (SSSR count). The Kier molecular flexibility index (Phi) is 0.743. The Morgan fingerprint density at radius 1 is 1.38 bits per heavy atom. The van der Waals surface area contributed by atoms with Gasteiger partial charge in [0.25, 0.3) is 11.8 Å². The Balaban J connectivity index is 2.84. The molecule has 0 aromatic heterocycles. The maximum absolute atomic E-state index is 10.4. The van der Waals surface area contributed by atoms with Crippen molar-refractivity contribution in [1.82, 2.24) is 4.90 Å². The van der Waals surface area contributed by atoms with Gasteiger partial charge in [-0.3, -0.25) is 14.5 Å². The second-order valence-electron chi connectivity index (χ2n) is 1.65. The summed E-state index contributed by atoms with van der Waals surface area (Å²) < 4.78 is 0. The van der Waals surface area contributed by atoms with E-state index in [-0.39, 0.29) is 17.4 Å². The quantitative estimate of drug-likeness (QED) is 0.241. The van der Waals surface area contributed by atoms with Gasteiger partial charge in [-0.25, -0.2) is 0 Å². The first-order chi connectivity index (χ1) is 3.64. The molecule has 0 spiro atoms. The molecule has 1 aliphatic heterocycles. The van der Waals surface area contributed by atoms with Crippen LogP contribution in [0.3, 0.4) is 0 Å². The second-order valence-corrected chi connectivity index (χ2v) is 1.65. The van der Waals surface area contributed by atoms with Crippen molar-refractivity contribution in [3.63, 3.8) is 0 Å². The highest BCUT2D eigenvalue weighted by atomic mass is 16.2. The van der Waals surface area contributed by atoms with E-state index in [1.54, 1.807) is 0 Å². The smallest absolute Gasteiger partial charge is 0.265 e. The molecule has 0 bridgehead atoms. The number of β-lactam (4-membered cyclic amide) rings is 2. The molecule has 3 nitrogen and oxygen atoms in total. The van der Waals surface area contributed by atoms with Crippen LogP contribution in [0.5, 0.6) is 0 Å². The lowest BCUT2D eigenvalue weighted by Crippen LogP contribution is -2.48. The van der Waals surface area contributed by atoms with Gasteiger partial charge in [-0.05, 0) is 0 Å². The van der Waals surface area contributed by atoms with E-state index in [4.69, 9.17) is 0 Å². The Morgan fingerprint density at radius 3 is 1.88 bits per heavy atom. The first-order valence-electron chi connectivity index (χ1n) is 2.16. The van der Waals surface area contributed by atoms with Gasteiger partial charge in [-0.2, -0.15) is 0 Å². The number of hydrogen-bond donors (Lipinski definition) is 0. The molecular weight excluding hydrogens is 106 g/mol. The van der Waals surface area contributed by atoms with Gasteiger partial charge in [0.05, 0.1) is 5.57 Å². The summed E-state index contributed by atoms with van der Waals surface area (Å²) in [7, 11) is 1.43. The molecule has 0 aromatic carbocycles. The molecule has 2 amide bonds. The first kappa shape index (κ1) is 5.03. The molecular formula is C5H5NO2. The maximum atomic E-state index is 10.4. The second kappa shape index (κ2) is 1.18. The fourth-order valence-electron chi connectivity index (χ4n) is 0.536. The van der Waals surface area contributed by atoms with Gasteiger partial charge >= 0.3 is 0 Å². The Labute approximate surface area is 46.6 Å². The molecule has 0 radical (unpaired) electrons. The summed E-state index contributed by atoms with van der Waals surface area (Å²) >= 11 is 0. The molecule has 3 heteroatoms. The lowest BCUT2D eigenvalue weighted by atomic mass is 10.1. The molecule has 42 valence electrons. The van der Waals surface area contributed by atoms with E-state index in [1.165, 1.54) is 7.05 Å². The average Bonchev–Trinajstić information content (AvgIpc) is 1.83. The molecule has 0 unspecified atom stereocenters.